The second-order valence-electron chi connectivity index (χ2n) is 3.75. The first-order chi connectivity index (χ1) is 7.11. The van der Waals surface area contributed by atoms with Gasteiger partial charge in [0.1, 0.15) is 6.10 Å². The molecule has 0 heterocycles. The number of hydrogen-bond acceptors (Lipinski definition) is 2. The van der Waals surface area contributed by atoms with E-state index in [1.165, 1.54) is 12.8 Å². The zero-order chi connectivity index (χ0) is 11.7. The fourth-order valence-corrected chi connectivity index (χ4v) is 1.24. The first-order valence-corrected chi connectivity index (χ1v) is 5.61. The number of carbonyl (C=O) groups is 1. The second-order valence-corrected chi connectivity index (χ2v) is 3.75. The van der Waals surface area contributed by atoms with Crippen LogP contribution in [0.3, 0.4) is 0 Å². The fraction of sp³-hybridized carbons (Fsp3) is 0.615. The maximum absolute atomic E-state index is 11.3. The lowest BCUT2D eigenvalue weighted by Crippen LogP contribution is -2.16. The van der Waals surface area contributed by atoms with Gasteiger partial charge in [0.25, 0.3) is 0 Å². The van der Waals surface area contributed by atoms with Gasteiger partial charge in [0.05, 0.1) is 0 Å². The molecule has 0 aliphatic carbocycles. The van der Waals surface area contributed by atoms with Crippen molar-refractivity contribution in [1.29, 1.82) is 0 Å². The van der Waals surface area contributed by atoms with E-state index in [1.807, 2.05) is 19.1 Å². The smallest absolute Gasteiger partial charge is 0.333 e. The molecule has 0 radical (unpaired) electrons. The molecule has 0 rings (SSSR count). The van der Waals surface area contributed by atoms with E-state index < -0.39 is 0 Å². The van der Waals surface area contributed by atoms with Crippen LogP contribution in [0.5, 0.6) is 0 Å². The summed E-state index contributed by atoms with van der Waals surface area (Å²) in [5, 5.41) is 0. The fourth-order valence-electron chi connectivity index (χ4n) is 1.24. The molecule has 0 aromatic rings. The van der Waals surface area contributed by atoms with Gasteiger partial charge in [0, 0.05) is 5.57 Å². The van der Waals surface area contributed by atoms with E-state index in [-0.39, 0.29) is 12.1 Å². The van der Waals surface area contributed by atoms with Gasteiger partial charge in [-0.15, -0.1) is 0 Å². The summed E-state index contributed by atoms with van der Waals surface area (Å²) in [6.07, 6.45) is 8.10. The summed E-state index contributed by atoms with van der Waals surface area (Å²) in [4.78, 5) is 11.3. The summed E-state index contributed by atoms with van der Waals surface area (Å²) in [6.45, 7) is 9.32. The van der Waals surface area contributed by atoms with Crippen molar-refractivity contribution >= 4 is 5.97 Å². The number of hydrogen-bond donors (Lipinski definition) is 0. The van der Waals surface area contributed by atoms with Gasteiger partial charge in [-0.25, -0.2) is 4.79 Å². The molecule has 0 saturated carbocycles. The number of allylic oxidation sites excluding steroid dienone is 1. The van der Waals surface area contributed by atoms with Crippen LogP contribution in [0, 0.1) is 0 Å². The van der Waals surface area contributed by atoms with Crippen LogP contribution < -0.4 is 0 Å². The van der Waals surface area contributed by atoms with Crippen molar-refractivity contribution in [2.75, 3.05) is 0 Å². The Hall–Kier alpha value is -1.05. The maximum Gasteiger partial charge on any atom is 0.333 e. The molecule has 15 heavy (non-hydrogen) atoms. The topological polar surface area (TPSA) is 26.3 Å². The number of unbranched alkanes of at least 4 members (excludes halogenated alkanes) is 2. The van der Waals surface area contributed by atoms with E-state index in [2.05, 4.69) is 13.5 Å². The highest BCUT2D eigenvalue weighted by atomic mass is 16.5. The van der Waals surface area contributed by atoms with Crippen LogP contribution in [-0.4, -0.2) is 12.1 Å². The van der Waals surface area contributed by atoms with E-state index in [4.69, 9.17) is 4.74 Å². The monoisotopic (exact) mass is 210 g/mol. The van der Waals surface area contributed by atoms with E-state index >= 15 is 0 Å². The molecule has 0 amide bonds. The van der Waals surface area contributed by atoms with Gasteiger partial charge in [-0.2, -0.15) is 0 Å². The third-order valence-corrected chi connectivity index (χ3v) is 2.11. The Morgan fingerprint density at radius 1 is 1.47 bits per heavy atom. The highest BCUT2D eigenvalue weighted by Gasteiger charge is 2.11. The minimum Gasteiger partial charge on any atom is -0.455 e. The van der Waals surface area contributed by atoms with Crippen molar-refractivity contribution in [3.05, 3.63) is 24.3 Å². The molecule has 0 N–H and O–H groups in total. The highest BCUT2D eigenvalue weighted by molar-refractivity contribution is 5.87. The minimum atomic E-state index is -0.297. The standard InChI is InChI=1S/C13H22O2/c1-5-7-8-10-12(9-6-2)15-13(14)11(3)4/h6,9,12H,3,5,7-8,10H2,1-2,4H3. The molecule has 0 aromatic carbocycles. The highest BCUT2D eigenvalue weighted by Crippen LogP contribution is 2.10. The summed E-state index contributed by atoms with van der Waals surface area (Å²) in [5.41, 5.74) is 0.458. The van der Waals surface area contributed by atoms with Crippen molar-refractivity contribution in [3.63, 3.8) is 0 Å². The molecule has 2 heteroatoms. The van der Waals surface area contributed by atoms with E-state index in [0.29, 0.717) is 5.57 Å². The number of ether oxygens (including phenoxy) is 1. The van der Waals surface area contributed by atoms with E-state index in [9.17, 15) is 4.79 Å². The van der Waals surface area contributed by atoms with Crippen molar-refractivity contribution < 1.29 is 9.53 Å². The molecule has 0 aliphatic rings. The number of rotatable bonds is 7. The average molecular weight is 210 g/mol. The van der Waals surface area contributed by atoms with Crippen molar-refractivity contribution in [3.8, 4) is 0 Å². The lowest BCUT2D eigenvalue weighted by molar-refractivity contribution is -0.142. The Bertz CT molecular complexity index is 229. The summed E-state index contributed by atoms with van der Waals surface area (Å²) in [6, 6.07) is 0. The Labute approximate surface area is 93.0 Å². The molecule has 86 valence electrons. The second kappa shape index (κ2) is 8.27. The number of esters is 1. The van der Waals surface area contributed by atoms with Gasteiger partial charge in [0.15, 0.2) is 0 Å². The quantitative estimate of drug-likeness (QED) is 0.277. The first-order valence-electron chi connectivity index (χ1n) is 5.61. The molecule has 0 saturated heterocycles. The Morgan fingerprint density at radius 3 is 2.60 bits per heavy atom. The van der Waals surface area contributed by atoms with Crippen LogP contribution in [-0.2, 0) is 9.53 Å². The molecule has 1 unspecified atom stereocenters. The van der Waals surface area contributed by atoms with E-state index in [0.717, 1.165) is 12.8 Å². The van der Waals surface area contributed by atoms with Gasteiger partial charge in [-0.3, -0.25) is 0 Å². The predicted molar refractivity (Wildman–Crippen MR) is 63.7 cm³/mol. The summed E-state index contributed by atoms with van der Waals surface area (Å²) in [5.74, 6) is -0.297. The molecule has 0 spiro atoms. The Kier molecular flexibility index (Phi) is 7.69. The zero-order valence-electron chi connectivity index (χ0n) is 10.1. The summed E-state index contributed by atoms with van der Waals surface area (Å²) < 4.78 is 5.27. The van der Waals surface area contributed by atoms with Gasteiger partial charge in [0.2, 0.25) is 0 Å². The minimum absolute atomic E-state index is 0.0919. The van der Waals surface area contributed by atoms with Gasteiger partial charge in [-0.05, 0) is 32.8 Å². The maximum atomic E-state index is 11.3. The summed E-state index contributed by atoms with van der Waals surface area (Å²) in [7, 11) is 0. The number of carbonyl (C=O) groups excluding carboxylic acids is 1. The predicted octanol–water partition coefficient (Wildman–Crippen LogP) is 3.63. The van der Waals surface area contributed by atoms with Crippen LogP contribution in [0.15, 0.2) is 24.3 Å². The van der Waals surface area contributed by atoms with Crippen molar-refractivity contribution in [2.45, 2.75) is 52.6 Å². The van der Waals surface area contributed by atoms with Crippen molar-refractivity contribution in [2.24, 2.45) is 0 Å². The van der Waals surface area contributed by atoms with Crippen LogP contribution in [0.2, 0.25) is 0 Å². The Morgan fingerprint density at radius 2 is 2.13 bits per heavy atom. The summed E-state index contributed by atoms with van der Waals surface area (Å²) >= 11 is 0. The SMILES string of the molecule is C=C(C)C(=O)OC(C=CC)CCCCC. The van der Waals surface area contributed by atoms with Crippen LogP contribution in [0.1, 0.15) is 46.5 Å². The normalized spacial score (nSPS) is 12.7. The molecule has 0 fully saturated rings. The first kappa shape index (κ1) is 13.9. The molecule has 1 atom stereocenters. The third-order valence-electron chi connectivity index (χ3n) is 2.11. The molecular weight excluding hydrogens is 188 g/mol. The lowest BCUT2D eigenvalue weighted by Gasteiger charge is -2.13. The molecule has 0 aromatic heterocycles. The van der Waals surface area contributed by atoms with Crippen molar-refractivity contribution in [1.82, 2.24) is 0 Å². The molecule has 2 nitrogen and oxygen atoms in total. The average Bonchev–Trinajstić information content (AvgIpc) is 2.18. The van der Waals surface area contributed by atoms with Gasteiger partial charge >= 0.3 is 5.97 Å². The largest absolute Gasteiger partial charge is 0.455 e. The van der Waals surface area contributed by atoms with Gasteiger partial charge in [-0.1, -0.05) is 32.4 Å². The molecule has 0 bridgehead atoms. The third kappa shape index (κ3) is 6.95. The molecular formula is C13H22O2. The van der Waals surface area contributed by atoms with Crippen LogP contribution in [0.25, 0.3) is 0 Å². The van der Waals surface area contributed by atoms with E-state index in [1.54, 1.807) is 6.92 Å². The van der Waals surface area contributed by atoms with Gasteiger partial charge < -0.3 is 4.74 Å². The molecule has 0 aliphatic heterocycles. The van der Waals surface area contributed by atoms with Crippen LogP contribution in [0.4, 0.5) is 0 Å². The Balaban J connectivity index is 4.03. The lowest BCUT2D eigenvalue weighted by atomic mass is 10.1. The zero-order valence-corrected chi connectivity index (χ0v) is 10.1. The van der Waals surface area contributed by atoms with Crippen LogP contribution >= 0.6 is 0 Å².